The van der Waals surface area contributed by atoms with Crippen molar-refractivity contribution in [2.24, 2.45) is 11.7 Å². The van der Waals surface area contributed by atoms with Gasteiger partial charge >= 0.3 is 0 Å². The summed E-state index contributed by atoms with van der Waals surface area (Å²) < 4.78 is 0.596. The lowest BCUT2D eigenvalue weighted by Gasteiger charge is -2.20. The average Bonchev–Trinajstić information content (AvgIpc) is 2.65. The Morgan fingerprint density at radius 2 is 2.05 bits per heavy atom. The number of rotatable bonds is 3. The Labute approximate surface area is 131 Å². The molecule has 1 aromatic rings. The van der Waals surface area contributed by atoms with E-state index in [0.717, 1.165) is 32.1 Å². The quantitative estimate of drug-likeness (QED) is 0.494. The third-order valence-electron chi connectivity index (χ3n) is 3.82. The molecule has 0 saturated heterocycles. The molecule has 1 aromatic carbocycles. The van der Waals surface area contributed by atoms with Crippen molar-refractivity contribution in [3.63, 3.8) is 0 Å². The Morgan fingerprint density at radius 3 is 2.76 bits per heavy atom. The van der Waals surface area contributed by atoms with Crippen LogP contribution in [0.3, 0.4) is 0 Å². The fourth-order valence-electron chi connectivity index (χ4n) is 2.65. The van der Waals surface area contributed by atoms with Crippen LogP contribution in [0.1, 0.15) is 32.1 Å². The molecular weight excluding hydrogens is 338 g/mol. The number of carbonyl (C=O) groups is 1. The molecule has 1 fully saturated rings. The Morgan fingerprint density at radius 1 is 1.33 bits per heavy atom. The molecule has 7 heteroatoms. The SMILES string of the molecule is NC1CCCCCC1C(=O)Nc1ccc(Br)cc1[N+](=O)[O-]. The Balaban J connectivity index is 2.17. The zero-order chi connectivity index (χ0) is 15.4. The molecule has 0 heterocycles. The maximum atomic E-state index is 12.4. The summed E-state index contributed by atoms with van der Waals surface area (Å²) in [5.41, 5.74) is 6.14. The summed E-state index contributed by atoms with van der Waals surface area (Å²) in [5.74, 6) is -0.509. The number of nitro groups is 1. The highest BCUT2D eigenvalue weighted by molar-refractivity contribution is 9.10. The highest BCUT2D eigenvalue weighted by Gasteiger charge is 2.28. The topological polar surface area (TPSA) is 98.3 Å². The zero-order valence-corrected chi connectivity index (χ0v) is 13.1. The van der Waals surface area contributed by atoms with Gasteiger partial charge in [0.15, 0.2) is 0 Å². The van der Waals surface area contributed by atoms with Crippen molar-refractivity contribution in [2.75, 3.05) is 5.32 Å². The molecule has 1 saturated carbocycles. The van der Waals surface area contributed by atoms with Crippen molar-refractivity contribution < 1.29 is 9.72 Å². The normalized spacial score (nSPS) is 22.4. The largest absolute Gasteiger partial charge is 0.327 e. The van der Waals surface area contributed by atoms with Gasteiger partial charge in [-0.3, -0.25) is 14.9 Å². The van der Waals surface area contributed by atoms with E-state index in [4.69, 9.17) is 5.73 Å². The van der Waals surface area contributed by atoms with Gasteiger partial charge < -0.3 is 11.1 Å². The first kappa shape index (κ1) is 15.9. The lowest BCUT2D eigenvalue weighted by atomic mass is 9.94. The fraction of sp³-hybridized carbons (Fsp3) is 0.500. The van der Waals surface area contributed by atoms with Crippen LogP contribution in [0.5, 0.6) is 0 Å². The number of amides is 1. The first-order chi connectivity index (χ1) is 9.99. The van der Waals surface area contributed by atoms with Crippen molar-refractivity contribution in [3.05, 3.63) is 32.8 Å². The number of anilines is 1. The van der Waals surface area contributed by atoms with Crippen molar-refractivity contribution in [1.29, 1.82) is 0 Å². The van der Waals surface area contributed by atoms with Crippen LogP contribution in [0.4, 0.5) is 11.4 Å². The number of nitrogens with two attached hydrogens (primary N) is 1. The van der Waals surface area contributed by atoms with E-state index in [1.807, 2.05) is 0 Å². The maximum absolute atomic E-state index is 12.4. The minimum Gasteiger partial charge on any atom is -0.327 e. The number of nitrogens with one attached hydrogen (secondary N) is 1. The molecule has 2 atom stereocenters. The van der Waals surface area contributed by atoms with E-state index in [1.165, 1.54) is 12.1 Å². The number of hydrogen-bond donors (Lipinski definition) is 2. The van der Waals surface area contributed by atoms with Gasteiger partial charge in [-0.25, -0.2) is 0 Å². The summed E-state index contributed by atoms with van der Waals surface area (Å²) >= 11 is 3.19. The fourth-order valence-corrected chi connectivity index (χ4v) is 3.00. The smallest absolute Gasteiger partial charge is 0.293 e. The molecule has 0 aliphatic heterocycles. The van der Waals surface area contributed by atoms with Crippen LogP contribution in [0.15, 0.2) is 22.7 Å². The molecule has 1 aliphatic carbocycles. The van der Waals surface area contributed by atoms with E-state index in [0.29, 0.717) is 4.47 Å². The van der Waals surface area contributed by atoms with E-state index in [2.05, 4.69) is 21.2 Å². The lowest BCUT2D eigenvalue weighted by Crippen LogP contribution is -2.37. The van der Waals surface area contributed by atoms with E-state index < -0.39 is 4.92 Å². The second kappa shape index (κ2) is 7.00. The summed E-state index contributed by atoms with van der Waals surface area (Å²) in [7, 11) is 0. The average molecular weight is 356 g/mol. The van der Waals surface area contributed by atoms with Crippen LogP contribution in [-0.2, 0) is 4.79 Å². The molecule has 0 bridgehead atoms. The summed E-state index contributed by atoms with van der Waals surface area (Å²) in [6.07, 6.45) is 4.63. The third-order valence-corrected chi connectivity index (χ3v) is 4.31. The minimum absolute atomic E-state index is 0.125. The van der Waals surface area contributed by atoms with Crippen molar-refractivity contribution in [3.8, 4) is 0 Å². The van der Waals surface area contributed by atoms with Crippen LogP contribution in [0.25, 0.3) is 0 Å². The molecule has 2 unspecified atom stereocenters. The molecule has 0 aromatic heterocycles. The van der Waals surface area contributed by atoms with Crippen LogP contribution < -0.4 is 11.1 Å². The molecule has 6 nitrogen and oxygen atoms in total. The Hall–Kier alpha value is -1.47. The number of carbonyl (C=O) groups excluding carboxylic acids is 1. The monoisotopic (exact) mass is 355 g/mol. The number of hydrogen-bond acceptors (Lipinski definition) is 4. The summed E-state index contributed by atoms with van der Waals surface area (Å²) in [6.45, 7) is 0. The van der Waals surface area contributed by atoms with E-state index in [-0.39, 0.29) is 29.2 Å². The predicted molar refractivity (Wildman–Crippen MR) is 84.0 cm³/mol. The van der Waals surface area contributed by atoms with Crippen molar-refractivity contribution >= 4 is 33.2 Å². The molecule has 2 rings (SSSR count). The zero-order valence-electron chi connectivity index (χ0n) is 11.5. The second-order valence-electron chi connectivity index (χ2n) is 5.32. The third kappa shape index (κ3) is 4.01. The van der Waals surface area contributed by atoms with Crippen LogP contribution in [-0.4, -0.2) is 16.9 Å². The summed E-state index contributed by atoms with van der Waals surface area (Å²) in [4.78, 5) is 22.9. The molecule has 0 radical (unpaired) electrons. The highest BCUT2D eigenvalue weighted by atomic mass is 79.9. The summed E-state index contributed by atoms with van der Waals surface area (Å²) in [5, 5.41) is 13.7. The van der Waals surface area contributed by atoms with Gasteiger partial charge in [-0.1, -0.05) is 35.2 Å². The number of halogens is 1. The highest BCUT2D eigenvalue weighted by Crippen LogP contribution is 2.30. The standard InChI is InChI=1S/C14H18BrN3O3/c15-9-6-7-12(13(8-9)18(20)21)17-14(19)10-4-2-1-3-5-11(10)16/h6-8,10-11H,1-5,16H2,(H,17,19). The molecule has 0 spiro atoms. The number of nitrogens with zero attached hydrogens (tertiary/aromatic N) is 1. The van der Waals surface area contributed by atoms with Gasteiger partial charge in [-0.15, -0.1) is 0 Å². The molecule has 114 valence electrons. The van der Waals surface area contributed by atoms with Crippen LogP contribution >= 0.6 is 15.9 Å². The van der Waals surface area contributed by atoms with Gasteiger partial charge in [0.2, 0.25) is 5.91 Å². The molecule has 1 amide bonds. The van der Waals surface area contributed by atoms with E-state index in [1.54, 1.807) is 6.07 Å². The second-order valence-corrected chi connectivity index (χ2v) is 6.23. The van der Waals surface area contributed by atoms with Crippen LogP contribution in [0, 0.1) is 16.0 Å². The summed E-state index contributed by atoms with van der Waals surface area (Å²) in [6, 6.07) is 4.39. The van der Waals surface area contributed by atoms with Crippen molar-refractivity contribution in [2.45, 2.75) is 38.1 Å². The Kier molecular flexibility index (Phi) is 5.30. The van der Waals surface area contributed by atoms with E-state index >= 15 is 0 Å². The van der Waals surface area contributed by atoms with E-state index in [9.17, 15) is 14.9 Å². The van der Waals surface area contributed by atoms with Gasteiger partial charge in [0, 0.05) is 16.6 Å². The van der Waals surface area contributed by atoms with Gasteiger partial charge in [0.25, 0.3) is 5.69 Å². The molecular formula is C14H18BrN3O3. The first-order valence-electron chi connectivity index (χ1n) is 6.99. The van der Waals surface area contributed by atoms with Crippen molar-refractivity contribution in [1.82, 2.24) is 0 Å². The maximum Gasteiger partial charge on any atom is 0.293 e. The minimum atomic E-state index is -0.507. The van der Waals surface area contributed by atoms with Gasteiger partial charge in [0.05, 0.1) is 10.8 Å². The molecule has 1 aliphatic rings. The predicted octanol–water partition coefficient (Wildman–Crippen LogP) is 3.20. The lowest BCUT2D eigenvalue weighted by molar-refractivity contribution is -0.384. The molecule has 21 heavy (non-hydrogen) atoms. The van der Waals surface area contributed by atoms with Gasteiger partial charge in [0.1, 0.15) is 5.69 Å². The van der Waals surface area contributed by atoms with Gasteiger partial charge in [-0.2, -0.15) is 0 Å². The first-order valence-corrected chi connectivity index (χ1v) is 7.78. The Bertz CT molecular complexity index is 550. The van der Waals surface area contributed by atoms with Gasteiger partial charge in [-0.05, 0) is 25.0 Å². The van der Waals surface area contributed by atoms with Crippen LogP contribution in [0.2, 0.25) is 0 Å². The number of nitro benzene ring substituents is 1. The number of benzene rings is 1. The molecule has 3 N–H and O–H groups in total.